The fraction of sp³-hybridized carbons (Fsp3) is 0.0714. The van der Waals surface area contributed by atoms with E-state index in [9.17, 15) is 0 Å². The third-order valence-electron chi connectivity index (χ3n) is 3.64. The van der Waals surface area contributed by atoms with Gasteiger partial charge in [0.25, 0.3) is 5.52 Å². The Kier molecular flexibility index (Phi) is 1.46. The van der Waals surface area contributed by atoms with Gasteiger partial charge in [-0.1, -0.05) is 0 Å². The normalized spacial score (nSPS) is 13.1. The van der Waals surface area contributed by atoms with Crippen molar-refractivity contribution in [2.24, 2.45) is 0 Å². The van der Waals surface area contributed by atoms with Crippen molar-refractivity contribution in [3.63, 3.8) is 0 Å². The fourth-order valence-corrected chi connectivity index (χ4v) is 2.79. The molecule has 5 heterocycles. The van der Waals surface area contributed by atoms with Crippen LogP contribution in [0.3, 0.4) is 0 Å². The van der Waals surface area contributed by atoms with Crippen molar-refractivity contribution in [1.82, 2.24) is 14.6 Å². The molecule has 0 saturated heterocycles. The Labute approximate surface area is 107 Å². The second kappa shape index (κ2) is 3.00. The minimum atomic E-state index is 0.808. The molecule has 5 heteroatoms. The van der Waals surface area contributed by atoms with Crippen LogP contribution in [0.15, 0.2) is 47.3 Å². The molecule has 0 fully saturated rings. The van der Waals surface area contributed by atoms with Crippen LogP contribution in [0.5, 0.6) is 0 Å². The largest absolute Gasteiger partial charge is 0.401 e. The Morgan fingerprint density at radius 2 is 2.16 bits per heavy atom. The first-order chi connectivity index (χ1) is 9.42. The Balaban J connectivity index is 1.93. The van der Waals surface area contributed by atoms with E-state index in [0.717, 1.165) is 34.7 Å². The van der Waals surface area contributed by atoms with Gasteiger partial charge < -0.3 is 4.42 Å². The average molecular weight is 249 g/mol. The third kappa shape index (κ3) is 1.03. The van der Waals surface area contributed by atoms with E-state index in [0.29, 0.717) is 0 Å². The molecular weight excluding hydrogens is 240 g/mol. The zero-order valence-corrected chi connectivity index (χ0v) is 9.95. The van der Waals surface area contributed by atoms with Gasteiger partial charge in [0.05, 0.1) is 5.56 Å². The predicted molar refractivity (Wildman–Crippen MR) is 67.5 cm³/mol. The summed E-state index contributed by atoms with van der Waals surface area (Å²) < 4.78 is 10.0. The smallest absolute Gasteiger partial charge is 0.394 e. The number of aromatic nitrogens is 4. The Morgan fingerprint density at radius 1 is 1.21 bits per heavy atom. The molecule has 0 atom stereocenters. The van der Waals surface area contributed by atoms with Gasteiger partial charge in [-0.3, -0.25) is 0 Å². The van der Waals surface area contributed by atoms with Crippen LogP contribution >= 0.6 is 0 Å². The van der Waals surface area contributed by atoms with E-state index in [-0.39, 0.29) is 0 Å². The SMILES string of the molecule is c1cnc2c(c1)C[n+]1c-2oc2c3cccnn3cc21. The molecule has 0 unspecified atom stereocenters. The summed E-state index contributed by atoms with van der Waals surface area (Å²) in [7, 11) is 0. The summed E-state index contributed by atoms with van der Waals surface area (Å²) >= 11 is 0. The minimum absolute atomic E-state index is 0.808. The van der Waals surface area contributed by atoms with Crippen molar-refractivity contribution in [2.45, 2.75) is 6.54 Å². The molecule has 0 spiro atoms. The zero-order chi connectivity index (χ0) is 12.4. The highest BCUT2D eigenvalue weighted by Crippen LogP contribution is 2.31. The first kappa shape index (κ1) is 9.27. The highest BCUT2D eigenvalue weighted by molar-refractivity contribution is 5.88. The van der Waals surface area contributed by atoms with Crippen molar-refractivity contribution in [3.8, 4) is 11.6 Å². The van der Waals surface area contributed by atoms with Crippen LogP contribution < -0.4 is 4.57 Å². The zero-order valence-electron chi connectivity index (χ0n) is 9.95. The Bertz CT molecular complexity index is 951. The van der Waals surface area contributed by atoms with E-state index in [1.807, 2.05) is 28.9 Å². The summed E-state index contributed by atoms with van der Waals surface area (Å²) in [6, 6.07) is 7.97. The topological polar surface area (TPSA) is 47.2 Å². The maximum atomic E-state index is 6.03. The summed E-state index contributed by atoms with van der Waals surface area (Å²) in [5.74, 6) is 0.840. The van der Waals surface area contributed by atoms with Gasteiger partial charge in [-0.15, -0.1) is 4.57 Å². The van der Waals surface area contributed by atoms with E-state index >= 15 is 0 Å². The van der Waals surface area contributed by atoms with Gasteiger partial charge in [0.15, 0.2) is 12.2 Å². The number of fused-ring (bicyclic) bond motifs is 7. The van der Waals surface area contributed by atoms with Crippen LogP contribution in [-0.4, -0.2) is 14.6 Å². The molecule has 0 aromatic carbocycles. The average Bonchev–Trinajstić information content (AvgIpc) is 3.07. The van der Waals surface area contributed by atoms with E-state index in [1.54, 1.807) is 12.4 Å². The molecule has 4 aromatic heterocycles. The molecule has 19 heavy (non-hydrogen) atoms. The lowest BCUT2D eigenvalue weighted by Crippen LogP contribution is -2.30. The van der Waals surface area contributed by atoms with Crippen LogP contribution in [-0.2, 0) is 6.54 Å². The number of hydrogen-bond donors (Lipinski definition) is 0. The van der Waals surface area contributed by atoms with Gasteiger partial charge >= 0.3 is 5.89 Å². The standard InChI is InChI=1S/C14H9N4O/c1-3-9-7-17-11-8-18-10(4-2-6-16-18)13(11)19-14(17)12(9)15-5-1/h1-6,8H,7H2/q+1. The summed E-state index contributed by atoms with van der Waals surface area (Å²) in [6.07, 6.45) is 5.58. The molecule has 0 radical (unpaired) electrons. The van der Waals surface area contributed by atoms with E-state index in [4.69, 9.17) is 4.42 Å². The molecule has 5 rings (SSSR count). The molecule has 0 N–H and O–H groups in total. The quantitative estimate of drug-likeness (QED) is 0.393. The van der Waals surface area contributed by atoms with E-state index in [1.165, 1.54) is 5.56 Å². The molecular formula is C14H9N4O+. The molecule has 0 bridgehead atoms. The number of pyridine rings is 1. The maximum absolute atomic E-state index is 6.03. The monoisotopic (exact) mass is 249 g/mol. The summed E-state index contributed by atoms with van der Waals surface area (Å²) in [4.78, 5) is 4.42. The van der Waals surface area contributed by atoms with Crippen LogP contribution in [0, 0.1) is 0 Å². The Hall–Kier alpha value is -2.69. The second-order valence-electron chi connectivity index (χ2n) is 4.70. The van der Waals surface area contributed by atoms with Gasteiger partial charge in [0.2, 0.25) is 5.58 Å². The molecule has 0 amide bonds. The lowest BCUT2D eigenvalue weighted by atomic mass is 10.2. The lowest BCUT2D eigenvalue weighted by molar-refractivity contribution is -0.649. The van der Waals surface area contributed by atoms with Crippen LogP contribution in [0.4, 0.5) is 0 Å². The lowest BCUT2D eigenvalue weighted by Gasteiger charge is -1.89. The van der Waals surface area contributed by atoms with Crippen LogP contribution in [0.2, 0.25) is 0 Å². The third-order valence-corrected chi connectivity index (χ3v) is 3.64. The molecule has 5 nitrogen and oxygen atoms in total. The van der Waals surface area contributed by atoms with Gasteiger partial charge in [-0.25, -0.2) is 9.50 Å². The van der Waals surface area contributed by atoms with Crippen molar-refractivity contribution in [2.75, 3.05) is 0 Å². The van der Waals surface area contributed by atoms with Crippen LogP contribution in [0.1, 0.15) is 5.56 Å². The van der Waals surface area contributed by atoms with Crippen LogP contribution in [0.25, 0.3) is 28.2 Å². The number of rotatable bonds is 0. The molecule has 4 aromatic rings. The summed E-state index contributed by atoms with van der Waals surface area (Å²) in [5, 5.41) is 4.29. The van der Waals surface area contributed by atoms with Crippen molar-refractivity contribution >= 4 is 16.6 Å². The highest BCUT2D eigenvalue weighted by atomic mass is 16.4. The Morgan fingerprint density at radius 3 is 3.16 bits per heavy atom. The van der Waals surface area contributed by atoms with Crippen molar-refractivity contribution in [3.05, 3.63) is 48.4 Å². The predicted octanol–water partition coefficient (Wildman–Crippen LogP) is 1.79. The van der Waals surface area contributed by atoms with E-state index in [2.05, 4.69) is 20.7 Å². The number of hydrogen-bond acceptors (Lipinski definition) is 3. The molecule has 0 saturated carbocycles. The number of nitrogens with zero attached hydrogens (tertiary/aromatic N) is 4. The number of oxazole rings is 1. The summed E-state index contributed by atoms with van der Waals surface area (Å²) in [6.45, 7) is 0.808. The summed E-state index contributed by atoms with van der Waals surface area (Å²) in [5.41, 5.74) is 5.06. The van der Waals surface area contributed by atoms with Gasteiger partial charge in [-0.2, -0.15) is 5.10 Å². The van der Waals surface area contributed by atoms with Crippen molar-refractivity contribution < 1.29 is 8.98 Å². The first-order valence-electron chi connectivity index (χ1n) is 6.15. The molecule has 1 aliphatic rings. The fourth-order valence-electron chi connectivity index (χ4n) is 2.79. The molecule has 90 valence electrons. The van der Waals surface area contributed by atoms with E-state index < -0.39 is 0 Å². The van der Waals surface area contributed by atoms with Gasteiger partial charge in [0, 0.05) is 12.4 Å². The first-order valence-corrected chi connectivity index (χ1v) is 6.15. The van der Waals surface area contributed by atoms with Gasteiger partial charge in [-0.05, 0) is 24.3 Å². The second-order valence-corrected chi connectivity index (χ2v) is 4.70. The minimum Gasteiger partial charge on any atom is -0.394 e. The molecule has 0 aliphatic carbocycles. The van der Waals surface area contributed by atoms with Crippen molar-refractivity contribution in [1.29, 1.82) is 0 Å². The molecule has 1 aliphatic heterocycles. The van der Waals surface area contributed by atoms with Gasteiger partial charge in [0.1, 0.15) is 11.7 Å². The highest BCUT2D eigenvalue weighted by Gasteiger charge is 2.36. The maximum Gasteiger partial charge on any atom is 0.401 e.